The molecule has 28 heavy (non-hydrogen) atoms. The molecule has 0 radical (unpaired) electrons. The van der Waals surface area contributed by atoms with E-state index in [0.717, 1.165) is 17.7 Å². The molecule has 144 valence electrons. The van der Waals surface area contributed by atoms with E-state index < -0.39 is 17.8 Å². The fourth-order valence-corrected chi connectivity index (χ4v) is 3.32. The van der Waals surface area contributed by atoms with Gasteiger partial charge in [-0.05, 0) is 49.4 Å². The number of hydrogen-bond acceptors (Lipinski definition) is 4. The molecule has 7 heteroatoms. The summed E-state index contributed by atoms with van der Waals surface area (Å²) >= 11 is 0. The lowest BCUT2D eigenvalue weighted by Crippen LogP contribution is -2.23. The van der Waals surface area contributed by atoms with Gasteiger partial charge in [0.15, 0.2) is 5.78 Å². The summed E-state index contributed by atoms with van der Waals surface area (Å²) in [4.78, 5) is 12.5. The van der Waals surface area contributed by atoms with E-state index in [1.54, 1.807) is 37.4 Å². The normalized spacial score (nSPS) is 15.5. The largest absolute Gasteiger partial charge is 0.416 e. The highest BCUT2D eigenvalue weighted by Crippen LogP contribution is 2.35. The Kier molecular flexibility index (Phi) is 5.52. The number of hydrogen-bond donors (Lipinski definition) is 2. The number of allylic oxidation sites excluding steroid dienone is 1. The maximum Gasteiger partial charge on any atom is 0.416 e. The second-order valence-corrected chi connectivity index (χ2v) is 6.47. The smallest absolute Gasteiger partial charge is 0.358 e. The van der Waals surface area contributed by atoms with Gasteiger partial charge in [-0.3, -0.25) is 4.79 Å². The molecule has 2 N–H and O–H groups in total. The van der Waals surface area contributed by atoms with Crippen LogP contribution in [0.15, 0.2) is 59.8 Å². The van der Waals surface area contributed by atoms with E-state index in [2.05, 4.69) is 10.6 Å². The van der Waals surface area contributed by atoms with Crippen LogP contribution >= 0.6 is 0 Å². The Morgan fingerprint density at radius 3 is 2.43 bits per heavy atom. The minimum atomic E-state index is -4.43. The van der Waals surface area contributed by atoms with Gasteiger partial charge < -0.3 is 10.6 Å². The van der Waals surface area contributed by atoms with Crippen molar-refractivity contribution < 1.29 is 18.0 Å². The van der Waals surface area contributed by atoms with E-state index in [-0.39, 0.29) is 11.5 Å². The van der Waals surface area contributed by atoms with E-state index in [4.69, 9.17) is 5.26 Å². The third kappa shape index (κ3) is 4.07. The van der Waals surface area contributed by atoms with Crippen molar-refractivity contribution in [3.8, 4) is 6.07 Å². The van der Waals surface area contributed by atoms with Crippen LogP contribution in [-0.4, -0.2) is 12.8 Å². The van der Waals surface area contributed by atoms with Crippen molar-refractivity contribution >= 4 is 11.5 Å². The number of ketones is 1. The zero-order valence-corrected chi connectivity index (χ0v) is 15.1. The van der Waals surface area contributed by atoms with Crippen molar-refractivity contribution in [1.82, 2.24) is 5.32 Å². The summed E-state index contributed by atoms with van der Waals surface area (Å²) in [6.45, 7) is 0. The molecule has 4 nitrogen and oxygen atoms in total. The van der Waals surface area contributed by atoms with E-state index in [9.17, 15) is 18.0 Å². The molecule has 0 saturated heterocycles. The molecular formula is C21H18F3N3O. The van der Waals surface area contributed by atoms with Gasteiger partial charge in [0.25, 0.3) is 0 Å². The molecule has 0 bridgehead atoms. The molecule has 1 aliphatic rings. The number of benzene rings is 2. The monoisotopic (exact) mass is 385 g/mol. The van der Waals surface area contributed by atoms with E-state index in [1.807, 2.05) is 6.07 Å². The summed E-state index contributed by atoms with van der Waals surface area (Å²) < 4.78 is 38.9. The van der Waals surface area contributed by atoms with E-state index in [0.29, 0.717) is 29.7 Å². The van der Waals surface area contributed by atoms with Gasteiger partial charge in [0.05, 0.1) is 23.2 Å². The first-order valence-electron chi connectivity index (χ1n) is 8.71. The highest BCUT2D eigenvalue weighted by molar-refractivity contribution is 6.00. The number of nitrogens with zero attached hydrogens (tertiary/aromatic N) is 1. The minimum Gasteiger partial charge on any atom is -0.358 e. The lowest BCUT2D eigenvalue weighted by Gasteiger charge is -2.20. The summed E-state index contributed by atoms with van der Waals surface area (Å²) in [5, 5.41) is 15.0. The lowest BCUT2D eigenvalue weighted by atomic mass is 9.96. The summed E-state index contributed by atoms with van der Waals surface area (Å²) in [6, 6.07) is 13.4. The molecule has 1 aliphatic carbocycles. The van der Waals surface area contributed by atoms with Crippen LogP contribution in [0.2, 0.25) is 0 Å². The van der Waals surface area contributed by atoms with Crippen LogP contribution in [0.5, 0.6) is 0 Å². The predicted octanol–water partition coefficient (Wildman–Crippen LogP) is 4.57. The highest BCUT2D eigenvalue weighted by Gasteiger charge is 2.32. The fourth-order valence-electron chi connectivity index (χ4n) is 3.32. The van der Waals surface area contributed by atoms with Crippen LogP contribution in [0.4, 0.5) is 18.9 Å². The molecule has 0 aliphatic heterocycles. The molecule has 1 unspecified atom stereocenters. The average Bonchev–Trinajstić information content (AvgIpc) is 3.03. The first-order chi connectivity index (χ1) is 13.3. The van der Waals surface area contributed by atoms with Crippen LogP contribution in [0.25, 0.3) is 0 Å². The summed E-state index contributed by atoms with van der Waals surface area (Å²) in [5.74, 6) is -0.0572. The predicted molar refractivity (Wildman–Crippen MR) is 99.3 cm³/mol. The quantitative estimate of drug-likeness (QED) is 0.792. The summed E-state index contributed by atoms with van der Waals surface area (Å²) in [6.07, 6.45) is -3.71. The number of Topliss-reactive ketones (excluding diaryl/α,β-unsaturated/α-hetero) is 1. The van der Waals surface area contributed by atoms with E-state index in [1.165, 1.54) is 6.07 Å². The van der Waals surface area contributed by atoms with Gasteiger partial charge in [-0.15, -0.1) is 0 Å². The van der Waals surface area contributed by atoms with Crippen molar-refractivity contribution in [2.75, 3.05) is 12.4 Å². The maximum atomic E-state index is 13.0. The molecule has 2 aromatic rings. The number of rotatable bonds is 5. The van der Waals surface area contributed by atoms with Crippen LogP contribution < -0.4 is 10.6 Å². The first kappa shape index (κ1) is 19.6. The van der Waals surface area contributed by atoms with Crippen LogP contribution in [0, 0.1) is 11.3 Å². The first-order valence-corrected chi connectivity index (χ1v) is 8.71. The third-order valence-corrected chi connectivity index (χ3v) is 4.66. The average molecular weight is 385 g/mol. The van der Waals surface area contributed by atoms with Crippen LogP contribution in [0.1, 0.15) is 35.6 Å². The molecule has 3 rings (SSSR count). The Morgan fingerprint density at radius 1 is 1.11 bits per heavy atom. The zero-order valence-electron chi connectivity index (χ0n) is 15.1. The van der Waals surface area contributed by atoms with Gasteiger partial charge in [-0.1, -0.05) is 18.2 Å². The van der Waals surface area contributed by atoms with Gasteiger partial charge in [0, 0.05) is 23.4 Å². The van der Waals surface area contributed by atoms with Crippen molar-refractivity contribution in [2.45, 2.75) is 25.1 Å². The van der Waals surface area contributed by atoms with Crippen molar-refractivity contribution in [3.63, 3.8) is 0 Å². The molecule has 1 atom stereocenters. The van der Waals surface area contributed by atoms with Gasteiger partial charge in [0.2, 0.25) is 0 Å². The SMILES string of the molecule is CNC(C1=C(Nc2cccc(C(F)(F)F)c2)CCC1=O)c1ccc(C#N)cc1. The minimum absolute atomic E-state index is 0.0572. The molecular weight excluding hydrogens is 367 g/mol. The number of carbonyl (C=O) groups is 1. The molecule has 2 aromatic carbocycles. The number of likely N-dealkylation sites (N-methyl/N-ethyl adjacent to an activating group) is 1. The Balaban J connectivity index is 1.96. The number of alkyl halides is 3. The number of halogens is 3. The third-order valence-electron chi connectivity index (χ3n) is 4.66. The molecule has 0 aromatic heterocycles. The van der Waals surface area contributed by atoms with Crippen molar-refractivity contribution in [3.05, 3.63) is 76.5 Å². The number of nitrogens with one attached hydrogen (secondary N) is 2. The number of carbonyl (C=O) groups excluding carboxylic acids is 1. The van der Waals surface area contributed by atoms with Crippen LogP contribution in [0.3, 0.4) is 0 Å². The molecule has 0 fully saturated rings. The number of nitriles is 1. The second-order valence-electron chi connectivity index (χ2n) is 6.47. The fraction of sp³-hybridized carbons (Fsp3) is 0.238. The standard InChI is InChI=1S/C21H18F3N3O/c1-26-20(14-7-5-13(12-25)6-8-14)19-17(9-10-18(19)28)27-16-4-2-3-15(11-16)21(22,23)24/h2-8,11,20,26-27H,9-10H2,1H3. The molecule has 0 spiro atoms. The molecule has 0 heterocycles. The van der Waals surface area contributed by atoms with Gasteiger partial charge >= 0.3 is 6.18 Å². The summed E-state index contributed by atoms with van der Waals surface area (Å²) in [7, 11) is 1.71. The highest BCUT2D eigenvalue weighted by atomic mass is 19.4. The summed E-state index contributed by atoms with van der Waals surface area (Å²) in [5.41, 5.74) is 1.95. The number of anilines is 1. The molecule has 0 amide bonds. The van der Waals surface area contributed by atoms with E-state index >= 15 is 0 Å². The lowest BCUT2D eigenvalue weighted by molar-refractivity contribution is -0.137. The Morgan fingerprint density at radius 2 is 1.82 bits per heavy atom. The van der Waals surface area contributed by atoms with Crippen molar-refractivity contribution in [1.29, 1.82) is 5.26 Å². The Bertz CT molecular complexity index is 956. The second kappa shape index (κ2) is 7.87. The van der Waals surface area contributed by atoms with Gasteiger partial charge in [-0.25, -0.2) is 0 Å². The Labute approximate surface area is 160 Å². The molecule has 0 saturated carbocycles. The van der Waals surface area contributed by atoms with Crippen LogP contribution in [-0.2, 0) is 11.0 Å². The zero-order chi connectivity index (χ0) is 20.3. The van der Waals surface area contributed by atoms with Gasteiger partial charge in [-0.2, -0.15) is 18.4 Å². The Hall–Kier alpha value is -3.11. The van der Waals surface area contributed by atoms with Gasteiger partial charge in [0.1, 0.15) is 0 Å². The topological polar surface area (TPSA) is 64.9 Å². The van der Waals surface area contributed by atoms with Crippen molar-refractivity contribution in [2.24, 2.45) is 0 Å². The maximum absolute atomic E-state index is 13.0.